The highest BCUT2D eigenvalue weighted by Crippen LogP contribution is 2.36. The number of nitrogens with one attached hydrogen (secondary N) is 1. The molecule has 110 valence electrons. The van der Waals surface area contributed by atoms with Crippen LogP contribution >= 0.6 is 11.8 Å². The van der Waals surface area contributed by atoms with Crippen molar-refractivity contribution in [1.82, 2.24) is 5.32 Å². The summed E-state index contributed by atoms with van der Waals surface area (Å²) in [7, 11) is 0. The Balaban J connectivity index is 1.94. The SMILES string of the molecule is CC(N)CCCC(=O)NC1CCSc2ccc(F)cc21. The minimum Gasteiger partial charge on any atom is -0.349 e. The molecular formula is C15H21FN2OS. The zero-order valence-electron chi connectivity index (χ0n) is 11.7. The highest BCUT2D eigenvalue weighted by Gasteiger charge is 2.22. The molecule has 3 N–H and O–H groups in total. The fourth-order valence-corrected chi connectivity index (χ4v) is 3.47. The van der Waals surface area contributed by atoms with Crippen molar-refractivity contribution in [3.8, 4) is 0 Å². The van der Waals surface area contributed by atoms with Crippen molar-refractivity contribution in [2.75, 3.05) is 5.75 Å². The van der Waals surface area contributed by atoms with Gasteiger partial charge in [0.15, 0.2) is 0 Å². The van der Waals surface area contributed by atoms with Crippen LogP contribution in [0.1, 0.15) is 44.2 Å². The second kappa shape index (κ2) is 7.09. The van der Waals surface area contributed by atoms with Gasteiger partial charge in [-0.1, -0.05) is 0 Å². The Morgan fingerprint density at radius 1 is 1.60 bits per heavy atom. The number of benzene rings is 1. The minimum atomic E-state index is -0.248. The van der Waals surface area contributed by atoms with E-state index in [4.69, 9.17) is 5.73 Å². The molecule has 0 aromatic heterocycles. The summed E-state index contributed by atoms with van der Waals surface area (Å²) in [6.07, 6.45) is 2.97. The van der Waals surface area contributed by atoms with E-state index in [2.05, 4.69) is 5.32 Å². The first kappa shape index (κ1) is 15.3. The second-order valence-corrected chi connectivity index (χ2v) is 6.45. The molecule has 0 saturated heterocycles. The van der Waals surface area contributed by atoms with Gasteiger partial charge in [0.1, 0.15) is 5.82 Å². The largest absolute Gasteiger partial charge is 0.349 e. The Labute approximate surface area is 123 Å². The molecule has 20 heavy (non-hydrogen) atoms. The first-order valence-corrected chi connectivity index (χ1v) is 8.02. The Bertz CT molecular complexity index is 479. The number of carbonyl (C=O) groups excluding carboxylic acids is 1. The lowest BCUT2D eigenvalue weighted by molar-refractivity contribution is -0.122. The number of hydrogen-bond acceptors (Lipinski definition) is 3. The maximum absolute atomic E-state index is 13.4. The quantitative estimate of drug-likeness (QED) is 0.878. The number of carbonyl (C=O) groups is 1. The lowest BCUT2D eigenvalue weighted by Gasteiger charge is -2.26. The molecule has 5 heteroatoms. The third-order valence-electron chi connectivity index (χ3n) is 3.41. The summed E-state index contributed by atoms with van der Waals surface area (Å²) in [6.45, 7) is 1.94. The summed E-state index contributed by atoms with van der Waals surface area (Å²) in [5.41, 5.74) is 6.57. The van der Waals surface area contributed by atoms with Gasteiger partial charge < -0.3 is 11.1 Å². The Morgan fingerprint density at radius 2 is 2.40 bits per heavy atom. The molecule has 0 aliphatic carbocycles. The van der Waals surface area contributed by atoms with Crippen LogP contribution in [0.2, 0.25) is 0 Å². The normalized spacial score (nSPS) is 19.2. The standard InChI is InChI=1S/C15H21FN2OS/c1-10(17)3-2-4-15(19)18-13-7-8-20-14-6-5-11(16)9-12(13)14/h5-6,9-10,13H,2-4,7-8,17H2,1H3,(H,18,19). The molecular weight excluding hydrogens is 275 g/mol. The number of fused-ring (bicyclic) bond motifs is 1. The van der Waals surface area contributed by atoms with Crippen molar-refractivity contribution >= 4 is 17.7 Å². The summed E-state index contributed by atoms with van der Waals surface area (Å²) in [5.74, 6) is 0.726. The average molecular weight is 296 g/mol. The number of thioether (sulfide) groups is 1. The monoisotopic (exact) mass is 296 g/mol. The predicted molar refractivity (Wildman–Crippen MR) is 80.1 cm³/mol. The molecule has 0 saturated carbocycles. The van der Waals surface area contributed by atoms with Crippen LogP contribution in [-0.4, -0.2) is 17.7 Å². The van der Waals surface area contributed by atoms with Crippen LogP contribution in [0.25, 0.3) is 0 Å². The summed E-state index contributed by atoms with van der Waals surface area (Å²) in [4.78, 5) is 13.0. The third kappa shape index (κ3) is 4.21. The highest BCUT2D eigenvalue weighted by atomic mass is 32.2. The fraction of sp³-hybridized carbons (Fsp3) is 0.533. The van der Waals surface area contributed by atoms with Gasteiger partial charge in [0.25, 0.3) is 0 Å². The van der Waals surface area contributed by atoms with E-state index in [1.165, 1.54) is 12.1 Å². The maximum atomic E-state index is 13.4. The van der Waals surface area contributed by atoms with Crippen molar-refractivity contribution in [1.29, 1.82) is 0 Å². The van der Waals surface area contributed by atoms with Gasteiger partial charge in [-0.2, -0.15) is 0 Å². The van der Waals surface area contributed by atoms with Gasteiger partial charge >= 0.3 is 0 Å². The molecule has 1 aliphatic heterocycles. The van der Waals surface area contributed by atoms with Crippen LogP contribution in [0.4, 0.5) is 4.39 Å². The number of amides is 1. The van der Waals surface area contributed by atoms with Gasteiger partial charge in [0, 0.05) is 23.1 Å². The average Bonchev–Trinajstić information content (AvgIpc) is 2.39. The van der Waals surface area contributed by atoms with E-state index in [0.717, 1.165) is 35.5 Å². The molecule has 1 aromatic rings. The number of hydrogen-bond donors (Lipinski definition) is 2. The van der Waals surface area contributed by atoms with E-state index >= 15 is 0 Å². The molecule has 3 nitrogen and oxygen atoms in total. The molecule has 1 amide bonds. The molecule has 0 spiro atoms. The van der Waals surface area contributed by atoms with Crippen LogP contribution in [-0.2, 0) is 4.79 Å². The van der Waals surface area contributed by atoms with Gasteiger partial charge in [-0.25, -0.2) is 4.39 Å². The van der Waals surface area contributed by atoms with Crippen molar-refractivity contribution in [3.05, 3.63) is 29.6 Å². The summed E-state index contributed by atoms with van der Waals surface area (Å²) in [5, 5.41) is 3.02. The van der Waals surface area contributed by atoms with E-state index in [1.807, 2.05) is 6.92 Å². The van der Waals surface area contributed by atoms with E-state index in [-0.39, 0.29) is 23.8 Å². The van der Waals surface area contributed by atoms with E-state index in [1.54, 1.807) is 17.8 Å². The Hall–Kier alpha value is -1.07. The van der Waals surface area contributed by atoms with Gasteiger partial charge in [0.05, 0.1) is 6.04 Å². The van der Waals surface area contributed by atoms with E-state index < -0.39 is 0 Å². The van der Waals surface area contributed by atoms with Crippen molar-refractivity contribution in [2.45, 2.75) is 49.6 Å². The van der Waals surface area contributed by atoms with Crippen molar-refractivity contribution in [3.63, 3.8) is 0 Å². The van der Waals surface area contributed by atoms with E-state index in [9.17, 15) is 9.18 Å². The van der Waals surface area contributed by atoms with Crippen LogP contribution < -0.4 is 11.1 Å². The van der Waals surface area contributed by atoms with Crippen molar-refractivity contribution in [2.24, 2.45) is 5.73 Å². The van der Waals surface area contributed by atoms with Crippen LogP contribution in [0.3, 0.4) is 0 Å². The molecule has 0 bridgehead atoms. The Morgan fingerprint density at radius 3 is 3.15 bits per heavy atom. The summed E-state index contributed by atoms with van der Waals surface area (Å²) >= 11 is 1.72. The smallest absolute Gasteiger partial charge is 0.220 e. The Kier molecular flexibility index (Phi) is 5.43. The predicted octanol–water partition coefficient (Wildman–Crippen LogP) is 3.00. The number of rotatable bonds is 5. The maximum Gasteiger partial charge on any atom is 0.220 e. The van der Waals surface area contributed by atoms with Gasteiger partial charge in [-0.3, -0.25) is 4.79 Å². The first-order chi connectivity index (χ1) is 9.56. The summed E-state index contributed by atoms with van der Waals surface area (Å²) < 4.78 is 13.4. The topological polar surface area (TPSA) is 55.1 Å². The van der Waals surface area contributed by atoms with Crippen LogP contribution in [0, 0.1) is 5.82 Å². The highest BCUT2D eigenvalue weighted by molar-refractivity contribution is 7.99. The molecule has 0 fully saturated rings. The van der Waals surface area contributed by atoms with Gasteiger partial charge in [0.2, 0.25) is 5.91 Å². The number of halogens is 1. The second-order valence-electron chi connectivity index (χ2n) is 5.31. The summed E-state index contributed by atoms with van der Waals surface area (Å²) in [6, 6.07) is 4.87. The lowest BCUT2D eigenvalue weighted by atomic mass is 10.0. The van der Waals surface area contributed by atoms with E-state index in [0.29, 0.717) is 6.42 Å². The zero-order valence-corrected chi connectivity index (χ0v) is 12.5. The molecule has 2 unspecified atom stereocenters. The number of nitrogens with two attached hydrogens (primary N) is 1. The van der Waals surface area contributed by atoms with Gasteiger partial charge in [-0.05, 0) is 49.9 Å². The van der Waals surface area contributed by atoms with Crippen LogP contribution in [0.15, 0.2) is 23.1 Å². The fourth-order valence-electron chi connectivity index (χ4n) is 2.37. The zero-order chi connectivity index (χ0) is 14.5. The van der Waals surface area contributed by atoms with Gasteiger partial charge in [-0.15, -0.1) is 11.8 Å². The molecule has 0 radical (unpaired) electrons. The third-order valence-corrected chi connectivity index (χ3v) is 4.53. The van der Waals surface area contributed by atoms with Crippen molar-refractivity contribution < 1.29 is 9.18 Å². The molecule has 1 aliphatic rings. The molecule has 2 atom stereocenters. The minimum absolute atomic E-state index is 0.0257. The molecule has 2 rings (SSSR count). The van der Waals surface area contributed by atoms with Crippen LogP contribution in [0.5, 0.6) is 0 Å². The molecule has 1 heterocycles. The molecule has 1 aromatic carbocycles. The lowest BCUT2D eigenvalue weighted by Crippen LogP contribution is -2.30. The first-order valence-electron chi connectivity index (χ1n) is 7.03.